The van der Waals surface area contributed by atoms with Crippen molar-refractivity contribution in [2.75, 3.05) is 0 Å². The molecule has 1 aromatic heterocycles. The summed E-state index contributed by atoms with van der Waals surface area (Å²) in [6.45, 7) is 0.561. The molecule has 0 spiro atoms. The number of fused-ring (bicyclic) bond motifs is 1. The number of nitrogens with zero attached hydrogens (tertiary/aromatic N) is 3. The number of aryl methyl sites for hydroxylation is 1. The topological polar surface area (TPSA) is 56.7 Å². The first-order valence-electron chi connectivity index (χ1n) is 6.77. The standard InChI is InChI=1S/C14H15F3N4/c15-14(16,17)11-4-2-1-3-9(11)7-13-20-19-12-6-5-10(18)8-21(12)13/h1-4,10H,5-8,18H2. The first kappa shape index (κ1) is 14.1. The molecule has 0 saturated carbocycles. The molecule has 1 atom stereocenters. The van der Waals surface area contributed by atoms with Crippen LogP contribution in [0.5, 0.6) is 0 Å². The summed E-state index contributed by atoms with van der Waals surface area (Å²) in [5.74, 6) is 1.34. The second-order valence-corrected chi connectivity index (χ2v) is 5.27. The molecule has 112 valence electrons. The van der Waals surface area contributed by atoms with E-state index in [2.05, 4.69) is 10.2 Å². The lowest BCUT2D eigenvalue weighted by Crippen LogP contribution is -2.32. The third kappa shape index (κ3) is 2.78. The van der Waals surface area contributed by atoms with Gasteiger partial charge in [0.1, 0.15) is 11.6 Å². The van der Waals surface area contributed by atoms with Crippen molar-refractivity contribution in [2.24, 2.45) is 5.73 Å². The summed E-state index contributed by atoms with van der Waals surface area (Å²) < 4.78 is 40.9. The molecular weight excluding hydrogens is 281 g/mol. The summed E-state index contributed by atoms with van der Waals surface area (Å²) in [5.41, 5.74) is 5.50. The minimum atomic E-state index is -4.36. The van der Waals surface area contributed by atoms with Crippen molar-refractivity contribution in [3.8, 4) is 0 Å². The van der Waals surface area contributed by atoms with Crippen molar-refractivity contribution in [3.05, 3.63) is 47.0 Å². The van der Waals surface area contributed by atoms with Gasteiger partial charge in [0.25, 0.3) is 0 Å². The van der Waals surface area contributed by atoms with E-state index in [0.29, 0.717) is 12.4 Å². The van der Waals surface area contributed by atoms with Gasteiger partial charge in [-0.2, -0.15) is 13.2 Å². The lowest BCUT2D eigenvalue weighted by molar-refractivity contribution is -0.138. The number of alkyl halides is 3. The van der Waals surface area contributed by atoms with Gasteiger partial charge < -0.3 is 10.3 Å². The molecule has 3 rings (SSSR count). The predicted octanol–water partition coefficient (Wildman–Crippen LogP) is 2.16. The average Bonchev–Trinajstić information content (AvgIpc) is 2.81. The van der Waals surface area contributed by atoms with E-state index < -0.39 is 11.7 Å². The van der Waals surface area contributed by atoms with E-state index in [9.17, 15) is 13.2 Å². The lowest BCUT2D eigenvalue weighted by Gasteiger charge is -2.21. The smallest absolute Gasteiger partial charge is 0.326 e. The molecule has 0 radical (unpaired) electrons. The third-order valence-electron chi connectivity index (χ3n) is 3.73. The van der Waals surface area contributed by atoms with Crippen LogP contribution in [0, 0.1) is 0 Å². The summed E-state index contributed by atoms with van der Waals surface area (Å²) in [6, 6.07) is 5.57. The van der Waals surface area contributed by atoms with E-state index >= 15 is 0 Å². The van der Waals surface area contributed by atoms with E-state index in [-0.39, 0.29) is 18.0 Å². The summed E-state index contributed by atoms with van der Waals surface area (Å²) in [5, 5.41) is 8.10. The molecular formula is C14H15F3N4. The van der Waals surface area contributed by atoms with Gasteiger partial charge in [-0.15, -0.1) is 10.2 Å². The van der Waals surface area contributed by atoms with Crippen molar-refractivity contribution in [3.63, 3.8) is 0 Å². The quantitative estimate of drug-likeness (QED) is 0.924. The molecule has 1 aromatic carbocycles. The second kappa shape index (κ2) is 5.14. The number of nitrogens with two attached hydrogens (primary N) is 1. The number of rotatable bonds is 2. The fourth-order valence-corrected chi connectivity index (χ4v) is 2.66. The summed E-state index contributed by atoms with van der Waals surface area (Å²) in [7, 11) is 0. The highest BCUT2D eigenvalue weighted by atomic mass is 19.4. The van der Waals surface area contributed by atoms with Crippen molar-refractivity contribution < 1.29 is 13.2 Å². The largest absolute Gasteiger partial charge is 0.416 e. The molecule has 1 aliphatic heterocycles. The first-order valence-corrected chi connectivity index (χ1v) is 6.77. The molecule has 2 aromatic rings. The van der Waals surface area contributed by atoms with Gasteiger partial charge in [0.2, 0.25) is 0 Å². The SMILES string of the molecule is NC1CCc2nnc(Cc3ccccc3C(F)(F)F)n2C1. The first-order chi connectivity index (χ1) is 9.95. The molecule has 2 N–H and O–H groups in total. The van der Waals surface area contributed by atoms with Crippen molar-refractivity contribution in [2.45, 2.75) is 38.0 Å². The summed E-state index contributed by atoms with van der Waals surface area (Å²) >= 11 is 0. The number of benzene rings is 1. The fourth-order valence-electron chi connectivity index (χ4n) is 2.66. The number of halogens is 3. The molecule has 7 heteroatoms. The molecule has 21 heavy (non-hydrogen) atoms. The van der Waals surface area contributed by atoms with Gasteiger partial charge in [0, 0.05) is 25.4 Å². The van der Waals surface area contributed by atoms with Crippen LogP contribution in [0.1, 0.15) is 29.2 Å². The lowest BCUT2D eigenvalue weighted by atomic mass is 10.0. The number of hydrogen-bond donors (Lipinski definition) is 1. The zero-order chi connectivity index (χ0) is 15.0. The van der Waals surface area contributed by atoms with Gasteiger partial charge in [-0.1, -0.05) is 18.2 Å². The summed E-state index contributed by atoms with van der Waals surface area (Å²) in [6.07, 6.45) is -2.71. The Morgan fingerprint density at radius 2 is 2.00 bits per heavy atom. The maximum atomic E-state index is 13.0. The van der Waals surface area contributed by atoms with Crippen LogP contribution in [0.2, 0.25) is 0 Å². The maximum absolute atomic E-state index is 13.0. The van der Waals surface area contributed by atoms with Crippen LogP contribution < -0.4 is 5.73 Å². The van der Waals surface area contributed by atoms with E-state index in [1.165, 1.54) is 12.1 Å². The Morgan fingerprint density at radius 3 is 2.76 bits per heavy atom. The Labute approximate surface area is 119 Å². The van der Waals surface area contributed by atoms with Gasteiger partial charge in [-0.05, 0) is 18.1 Å². The van der Waals surface area contributed by atoms with Crippen molar-refractivity contribution >= 4 is 0 Å². The normalized spacial score (nSPS) is 18.6. The molecule has 0 amide bonds. The zero-order valence-electron chi connectivity index (χ0n) is 11.3. The molecule has 0 bridgehead atoms. The molecule has 0 aliphatic carbocycles. The van der Waals surface area contributed by atoms with E-state index in [1.807, 2.05) is 4.57 Å². The van der Waals surface area contributed by atoms with Gasteiger partial charge in [-0.3, -0.25) is 0 Å². The average molecular weight is 296 g/mol. The van der Waals surface area contributed by atoms with Gasteiger partial charge in [0.15, 0.2) is 0 Å². The summed E-state index contributed by atoms with van der Waals surface area (Å²) in [4.78, 5) is 0. The van der Waals surface area contributed by atoms with Gasteiger partial charge >= 0.3 is 6.18 Å². The molecule has 0 fully saturated rings. The number of aromatic nitrogens is 3. The Hall–Kier alpha value is -1.89. The number of hydrogen-bond acceptors (Lipinski definition) is 3. The van der Waals surface area contributed by atoms with Gasteiger partial charge in [-0.25, -0.2) is 0 Å². The highest BCUT2D eigenvalue weighted by Crippen LogP contribution is 2.32. The van der Waals surface area contributed by atoms with E-state index in [1.54, 1.807) is 6.07 Å². The predicted molar refractivity (Wildman–Crippen MR) is 70.6 cm³/mol. The fraction of sp³-hybridized carbons (Fsp3) is 0.429. The van der Waals surface area contributed by atoms with Crippen LogP contribution in [0.15, 0.2) is 24.3 Å². The van der Waals surface area contributed by atoms with E-state index in [4.69, 9.17) is 5.73 Å². The third-order valence-corrected chi connectivity index (χ3v) is 3.73. The van der Waals surface area contributed by atoms with Crippen LogP contribution in [0.3, 0.4) is 0 Å². The Balaban J connectivity index is 1.94. The van der Waals surface area contributed by atoms with Crippen LogP contribution in [-0.2, 0) is 25.6 Å². The molecule has 2 heterocycles. The van der Waals surface area contributed by atoms with Crippen LogP contribution in [0.4, 0.5) is 13.2 Å². The molecule has 4 nitrogen and oxygen atoms in total. The Kier molecular flexibility index (Phi) is 3.44. The van der Waals surface area contributed by atoms with Crippen molar-refractivity contribution in [1.82, 2.24) is 14.8 Å². The minimum absolute atomic E-state index is 0.00473. The highest BCUT2D eigenvalue weighted by molar-refractivity contribution is 5.32. The van der Waals surface area contributed by atoms with Crippen LogP contribution >= 0.6 is 0 Å². The van der Waals surface area contributed by atoms with E-state index in [0.717, 1.165) is 24.7 Å². The van der Waals surface area contributed by atoms with Crippen molar-refractivity contribution in [1.29, 1.82) is 0 Å². The Bertz CT molecular complexity index is 648. The van der Waals surface area contributed by atoms with Gasteiger partial charge in [0.05, 0.1) is 5.56 Å². The highest BCUT2D eigenvalue weighted by Gasteiger charge is 2.33. The zero-order valence-corrected chi connectivity index (χ0v) is 11.3. The van der Waals surface area contributed by atoms with Crippen LogP contribution in [0.25, 0.3) is 0 Å². The van der Waals surface area contributed by atoms with Crippen LogP contribution in [-0.4, -0.2) is 20.8 Å². The monoisotopic (exact) mass is 296 g/mol. The minimum Gasteiger partial charge on any atom is -0.326 e. The maximum Gasteiger partial charge on any atom is 0.416 e. The molecule has 1 unspecified atom stereocenters. The second-order valence-electron chi connectivity index (χ2n) is 5.27. The Morgan fingerprint density at radius 1 is 1.24 bits per heavy atom. The molecule has 1 aliphatic rings. The molecule has 0 saturated heterocycles.